The molecule has 8 heteroatoms. The molecule has 0 spiro atoms. The second-order valence-electron chi connectivity index (χ2n) is 5.56. The lowest BCUT2D eigenvalue weighted by Gasteiger charge is -2.22. The Morgan fingerprint density at radius 1 is 1.15 bits per heavy atom. The first-order valence-corrected chi connectivity index (χ1v) is 9.86. The van der Waals surface area contributed by atoms with Gasteiger partial charge in [0.15, 0.2) is 0 Å². The van der Waals surface area contributed by atoms with Crippen LogP contribution in [0.15, 0.2) is 48.5 Å². The number of halogens is 1. The highest BCUT2D eigenvalue weighted by atomic mass is 32.2. The van der Waals surface area contributed by atoms with Gasteiger partial charge in [0, 0.05) is 12.1 Å². The average Bonchev–Trinajstić information content (AvgIpc) is 2.59. The zero-order chi connectivity index (χ0) is 19.2. The molecule has 1 amide bonds. The van der Waals surface area contributed by atoms with Gasteiger partial charge in [-0.2, -0.15) is 0 Å². The molecule has 2 aromatic rings. The molecule has 1 N–H and O–H groups in total. The van der Waals surface area contributed by atoms with E-state index in [1.807, 2.05) is 25.1 Å². The van der Waals surface area contributed by atoms with Crippen LogP contribution in [-0.2, 0) is 21.4 Å². The second-order valence-corrected chi connectivity index (χ2v) is 7.47. The van der Waals surface area contributed by atoms with Gasteiger partial charge in [0.25, 0.3) is 0 Å². The van der Waals surface area contributed by atoms with E-state index in [2.05, 4.69) is 5.32 Å². The van der Waals surface area contributed by atoms with E-state index in [-0.39, 0.29) is 12.2 Å². The van der Waals surface area contributed by atoms with Crippen LogP contribution in [0.1, 0.15) is 12.5 Å². The Hall–Kier alpha value is -2.61. The van der Waals surface area contributed by atoms with Gasteiger partial charge in [-0.1, -0.05) is 18.2 Å². The molecule has 2 aromatic carbocycles. The molecule has 0 aliphatic carbocycles. The lowest BCUT2D eigenvalue weighted by molar-refractivity contribution is -0.119. The summed E-state index contributed by atoms with van der Waals surface area (Å²) in [6.07, 6.45) is 0.994. The lowest BCUT2D eigenvalue weighted by Crippen LogP contribution is -2.40. The summed E-state index contributed by atoms with van der Waals surface area (Å²) in [5.41, 5.74) is 1.01. The summed E-state index contributed by atoms with van der Waals surface area (Å²) in [7, 11) is -3.70. The van der Waals surface area contributed by atoms with Gasteiger partial charge in [0.1, 0.15) is 18.1 Å². The predicted molar refractivity (Wildman–Crippen MR) is 98.0 cm³/mol. The minimum atomic E-state index is -3.70. The summed E-state index contributed by atoms with van der Waals surface area (Å²) in [5.74, 6) is -0.306. The molecular formula is C18H21FN2O4S. The summed E-state index contributed by atoms with van der Waals surface area (Å²) in [4.78, 5) is 12.3. The van der Waals surface area contributed by atoms with Gasteiger partial charge < -0.3 is 10.1 Å². The number of carbonyl (C=O) groups is 1. The van der Waals surface area contributed by atoms with E-state index >= 15 is 0 Å². The fraction of sp³-hybridized carbons (Fsp3) is 0.278. The van der Waals surface area contributed by atoms with Crippen LogP contribution in [0.25, 0.3) is 0 Å². The maximum absolute atomic E-state index is 13.1. The van der Waals surface area contributed by atoms with Gasteiger partial charge in [-0.25, -0.2) is 12.8 Å². The fourth-order valence-corrected chi connectivity index (χ4v) is 3.19. The quantitative estimate of drug-likeness (QED) is 0.763. The van der Waals surface area contributed by atoms with Crippen molar-refractivity contribution in [3.05, 3.63) is 59.9 Å². The number of hydrogen-bond donors (Lipinski definition) is 1. The Morgan fingerprint density at radius 2 is 1.81 bits per heavy atom. The van der Waals surface area contributed by atoms with Gasteiger partial charge in [-0.3, -0.25) is 9.10 Å². The van der Waals surface area contributed by atoms with Crippen molar-refractivity contribution in [1.29, 1.82) is 0 Å². The van der Waals surface area contributed by atoms with Crippen molar-refractivity contribution in [1.82, 2.24) is 5.32 Å². The fourth-order valence-electron chi connectivity index (χ4n) is 2.33. The molecular weight excluding hydrogens is 359 g/mol. The summed E-state index contributed by atoms with van der Waals surface area (Å²) in [6, 6.07) is 12.2. The van der Waals surface area contributed by atoms with Gasteiger partial charge >= 0.3 is 0 Å². The molecule has 0 bridgehead atoms. The van der Waals surface area contributed by atoms with Crippen LogP contribution < -0.4 is 14.4 Å². The Bertz CT molecular complexity index is 854. The van der Waals surface area contributed by atoms with Crippen LogP contribution in [0.3, 0.4) is 0 Å². The third-order valence-corrected chi connectivity index (χ3v) is 4.69. The molecule has 0 atom stereocenters. The summed E-state index contributed by atoms with van der Waals surface area (Å²) >= 11 is 0. The minimum absolute atomic E-state index is 0.204. The largest absolute Gasteiger partial charge is 0.494 e. The van der Waals surface area contributed by atoms with E-state index in [9.17, 15) is 17.6 Å². The first-order valence-electron chi connectivity index (χ1n) is 8.02. The molecule has 0 unspecified atom stereocenters. The lowest BCUT2D eigenvalue weighted by atomic mass is 10.2. The molecule has 0 saturated carbocycles. The smallest absolute Gasteiger partial charge is 0.241 e. The summed E-state index contributed by atoms with van der Waals surface area (Å²) in [5, 5.41) is 2.68. The number of hydrogen-bond acceptors (Lipinski definition) is 4. The maximum atomic E-state index is 13.1. The number of anilines is 1. The predicted octanol–water partition coefficient (Wildman–Crippen LogP) is 2.31. The molecule has 2 rings (SSSR count). The standard InChI is InChI=1S/C18H21FN2O4S/c1-3-25-17-7-5-4-6-14(17)12-20-18(22)13-21(26(2,23)24)16-10-8-15(19)9-11-16/h4-11H,3,12-13H2,1-2H3,(H,20,22). The molecule has 0 radical (unpaired) electrons. The van der Waals surface area contributed by atoms with Crippen LogP contribution in [0.2, 0.25) is 0 Å². The van der Waals surface area contributed by atoms with Crippen molar-refractivity contribution in [2.24, 2.45) is 0 Å². The number of ether oxygens (including phenoxy) is 1. The van der Waals surface area contributed by atoms with Gasteiger partial charge in [0.05, 0.1) is 18.6 Å². The van der Waals surface area contributed by atoms with Crippen LogP contribution in [0, 0.1) is 5.82 Å². The molecule has 26 heavy (non-hydrogen) atoms. The van der Waals surface area contributed by atoms with Crippen LogP contribution in [0.5, 0.6) is 5.75 Å². The Balaban J connectivity index is 2.08. The van der Waals surface area contributed by atoms with E-state index in [1.54, 1.807) is 6.07 Å². The highest BCUT2D eigenvalue weighted by Gasteiger charge is 2.21. The number of carbonyl (C=O) groups excluding carboxylic acids is 1. The van der Waals surface area contributed by atoms with E-state index in [0.29, 0.717) is 12.4 Å². The average molecular weight is 380 g/mol. The third kappa shape index (κ3) is 5.45. The SMILES string of the molecule is CCOc1ccccc1CNC(=O)CN(c1ccc(F)cc1)S(C)(=O)=O. The number of para-hydroxylation sites is 1. The van der Waals surface area contributed by atoms with Crippen molar-refractivity contribution in [3.8, 4) is 5.75 Å². The van der Waals surface area contributed by atoms with Gasteiger partial charge in [0.2, 0.25) is 15.9 Å². The Labute approximate surface area is 152 Å². The zero-order valence-corrected chi connectivity index (χ0v) is 15.4. The van der Waals surface area contributed by atoms with E-state index in [0.717, 1.165) is 28.3 Å². The normalized spacial score (nSPS) is 11.0. The maximum Gasteiger partial charge on any atom is 0.241 e. The summed E-state index contributed by atoms with van der Waals surface area (Å²) in [6.45, 7) is 2.16. The number of benzene rings is 2. The first-order chi connectivity index (χ1) is 12.3. The number of nitrogens with zero attached hydrogens (tertiary/aromatic N) is 1. The topological polar surface area (TPSA) is 75.7 Å². The van der Waals surface area contributed by atoms with Crippen LogP contribution in [0.4, 0.5) is 10.1 Å². The molecule has 0 fully saturated rings. The molecule has 6 nitrogen and oxygen atoms in total. The number of sulfonamides is 1. The summed E-state index contributed by atoms with van der Waals surface area (Å²) < 4.78 is 43.5. The van der Waals surface area contributed by atoms with Crippen molar-refractivity contribution in [2.45, 2.75) is 13.5 Å². The molecule has 0 heterocycles. The van der Waals surface area contributed by atoms with Crippen molar-refractivity contribution in [2.75, 3.05) is 23.7 Å². The molecule has 0 aliphatic rings. The van der Waals surface area contributed by atoms with Crippen molar-refractivity contribution in [3.63, 3.8) is 0 Å². The monoisotopic (exact) mass is 380 g/mol. The first kappa shape index (κ1) is 19.7. The van der Waals surface area contributed by atoms with Gasteiger partial charge in [-0.05, 0) is 37.3 Å². The zero-order valence-electron chi connectivity index (χ0n) is 14.6. The van der Waals surface area contributed by atoms with Crippen molar-refractivity contribution >= 4 is 21.6 Å². The highest BCUT2D eigenvalue weighted by molar-refractivity contribution is 7.92. The molecule has 0 saturated heterocycles. The molecule has 0 aliphatic heterocycles. The minimum Gasteiger partial charge on any atom is -0.494 e. The Morgan fingerprint density at radius 3 is 2.42 bits per heavy atom. The Kier molecular flexibility index (Phi) is 6.57. The van der Waals surface area contributed by atoms with Crippen molar-refractivity contribution < 1.29 is 22.3 Å². The molecule has 0 aromatic heterocycles. The molecule has 140 valence electrons. The van der Waals surface area contributed by atoms with Crippen LogP contribution >= 0.6 is 0 Å². The number of amides is 1. The second kappa shape index (κ2) is 8.66. The number of nitrogens with one attached hydrogen (secondary N) is 1. The third-order valence-electron chi connectivity index (χ3n) is 3.55. The van der Waals surface area contributed by atoms with E-state index < -0.39 is 28.3 Å². The number of rotatable bonds is 8. The highest BCUT2D eigenvalue weighted by Crippen LogP contribution is 2.19. The van der Waals surface area contributed by atoms with Gasteiger partial charge in [-0.15, -0.1) is 0 Å². The van der Waals surface area contributed by atoms with E-state index in [1.165, 1.54) is 12.1 Å². The van der Waals surface area contributed by atoms with E-state index in [4.69, 9.17) is 4.74 Å². The van der Waals surface area contributed by atoms with Crippen LogP contribution in [-0.4, -0.2) is 33.7 Å².